The van der Waals surface area contributed by atoms with Gasteiger partial charge in [-0.3, -0.25) is 0 Å². The van der Waals surface area contributed by atoms with Crippen molar-refractivity contribution in [2.24, 2.45) is 0 Å². The molecule has 1 fully saturated rings. The Morgan fingerprint density at radius 2 is 1.60 bits per heavy atom. The van der Waals surface area contributed by atoms with Crippen molar-refractivity contribution in [3.05, 3.63) is 32.7 Å². The molecule has 4 heteroatoms. The highest BCUT2D eigenvalue weighted by molar-refractivity contribution is 9.11. The van der Waals surface area contributed by atoms with Gasteiger partial charge in [0.15, 0.2) is 0 Å². The third kappa shape index (κ3) is 2.61. The lowest BCUT2D eigenvalue weighted by Crippen LogP contribution is -2.39. The summed E-state index contributed by atoms with van der Waals surface area (Å²) in [5.41, 5.74) is 0.322. The Kier molecular flexibility index (Phi) is 3.50. The van der Waals surface area contributed by atoms with Gasteiger partial charge in [-0.05, 0) is 49.7 Å². The maximum absolute atomic E-state index is 10.5. The van der Waals surface area contributed by atoms with Crippen LogP contribution in [0.4, 0.5) is 0 Å². The van der Waals surface area contributed by atoms with Gasteiger partial charge in [0, 0.05) is 8.95 Å². The van der Waals surface area contributed by atoms with E-state index >= 15 is 0 Å². The fourth-order valence-corrected chi connectivity index (χ4v) is 3.25. The lowest BCUT2D eigenvalue weighted by atomic mass is 9.85. The molecule has 15 heavy (non-hydrogen) atoms. The van der Waals surface area contributed by atoms with Gasteiger partial charge in [-0.15, -0.1) is 0 Å². The van der Waals surface area contributed by atoms with E-state index in [9.17, 15) is 5.11 Å². The van der Waals surface area contributed by atoms with Gasteiger partial charge in [-0.2, -0.15) is 0 Å². The van der Waals surface area contributed by atoms with E-state index in [4.69, 9.17) is 0 Å². The Hall–Kier alpha value is 0.1000. The van der Waals surface area contributed by atoms with E-state index in [1.54, 1.807) is 0 Å². The molecule has 0 spiro atoms. The zero-order valence-electron chi connectivity index (χ0n) is 8.26. The summed E-state index contributed by atoms with van der Waals surface area (Å²) in [6, 6.07) is 5.97. The van der Waals surface area contributed by atoms with Crippen molar-refractivity contribution in [1.29, 1.82) is 0 Å². The van der Waals surface area contributed by atoms with Crippen molar-refractivity contribution in [2.45, 2.75) is 18.4 Å². The lowest BCUT2D eigenvalue weighted by molar-refractivity contribution is 0.00584. The van der Waals surface area contributed by atoms with Crippen LogP contribution in [-0.2, 0) is 5.60 Å². The Bertz CT molecular complexity index is 341. The Labute approximate surface area is 106 Å². The number of benzene rings is 1. The minimum Gasteiger partial charge on any atom is -0.385 e. The largest absolute Gasteiger partial charge is 0.385 e. The molecule has 1 heterocycles. The molecule has 1 aliphatic heterocycles. The van der Waals surface area contributed by atoms with Gasteiger partial charge < -0.3 is 10.4 Å². The number of hydrogen-bond acceptors (Lipinski definition) is 2. The van der Waals surface area contributed by atoms with E-state index < -0.39 is 5.60 Å². The molecule has 2 rings (SSSR count). The van der Waals surface area contributed by atoms with Gasteiger partial charge in [-0.25, -0.2) is 0 Å². The third-order valence-electron chi connectivity index (χ3n) is 2.83. The molecule has 0 atom stereocenters. The van der Waals surface area contributed by atoms with Crippen LogP contribution in [0.5, 0.6) is 0 Å². The van der Waals surface area contributed by atoms with Crippen molar-refractivity contribution < 1.29 is 5.11 Å². The quantitative estimate of drug-likeness (QED) is 0.827. The molecule has 0 amide bonds. The molecule has 0 unspecified atom stereocenters. The number of aliphatic hydroxyl groups is 1. The topological polar surface area (TPSA) is 32.3 Å². The standard InChI is InChI=1S/C11H13Br2NO/c12-9-5-8(6-10(13)7-9)11(15)1-3-14-4-2-11/h5-7,14-15H,1-4H2. The number of hydrogen-bond donors (Lipinski definition) is 2. The van der Waals surface area contributed by atoms with E-state index in [2.05, 4.69) is 37.2 Å². The van der Waals surface area contributed by atoms with Gasteiger partial charge in [0.05, 0.1) is 5.60 Å². The average Bonchev–Trinajstić information content (AvgIpc) is 2.17. The number of rotatable bonds is 1. The summed E-state index contributed by atoms with van der Waals surface area (Å²) >= 11 is 6.89. The highest BCUT2D eigenvalue weighted by Gasteiger charge is 2.31. The Morgan fingerprint density at radius 1 is 1.07 bits per heavy atom. The maximum Gasteiger partial charge on any atom is 0.0921 e. The molecule has 0 aliphatic carbocycles. The van der Waals surface area contributed by atoms with Crippen LogP contribution in [0.15, 0.2) is 27.1 Å². The molecule has 1 aliphatic rings. The number of nitrogens with one attached hydrogen (secondary N) is 1. The van der Waals surface area contributed by atoms with Gasteiger partial charge in [0.1, 0.15) is 0 Å². The monoisotopic (exact) mass is 333 g/mol. The number of piperidine rings is 1. The summed E-state index contributed by atoms with van der Waals surface area (Å²) in [7, 11) is 0. The van der Waals surface area contributed by atoms with E-state index in [-0.39, 0.29) is 0 Å². The summed E-state index contributed by atoms with van der Waals surface area (Å²) in [4.78, 5) is 0. The van der Waals surface area contributed by atoms with Gasteiger partial charge in [0.2, 0.25) is 0 Å². The second kappa shape index (κ2) is 4.53. The maximum atomic E-state index is 10.5. The normalized spacial score (nSPS) is 20.2. The molecule has 1 saturated heterocycles. The van der Waals surface area contributed by atoms with Crippen LogP contribution in [-0.4, -0.2) is 18.2 Å². The predicted molar refractivity (Wildman–Crippen MR) is 67.8 cm³/mol. The van der Waals surface area contributed by atoms with Crippen LogP contribution < -0.4 is 5.32 Å². The summed E-state index contributed by atoms with van der Waals surface area (Å²) in [5.74, 6) is 0. The molecule has 2 nitrogen and oxygen atoms in total. The second-order valence-corrected chi connectivity index (χ2v) is 5.77. The first-order valence-electron chi connectivity index (χ1n) is 5.00. The summed E-state index contributed by atoms with van der Waals surface area (Å²) in [6.45, 7) is 1.75. The van der Waals surface area contributed by atoms with Gasteiger partial charge >= 0.3 is 0 Å². The molecule has 1 aromatic rings. The van der Waals surface area contributed by atoms with Gasteiger partial charge in [-0.1, -0.05) is 31.9 Å². The first-order chi connectivity index (χ1) is 7.10. The molecular formula is C11H13Br2NO. The fourth-order valence-electron chi connectivity index (χ4n) is 1.95. The highest BCUT2D eigenvalue weighted by Crippen LogP contribution is 2.33. The summed E-state index contributed by atoms with van der Waals surface area (Å²) in [6.07, 6.45) is 1.55. The SMILES string of the molecule is OC1(c2cc(Br)cc(Br)c2)CCNCC1. The van der Waals surface area contributed by atoms with Gasteiger partial charge in [0.25, 0.3) is 0 Å². The molecule has 0 saturated carbocycles. The minimum absolute atomic E-state index is 0.669. The van der Waals surface area contributed by atoms with Crippen LogP contribution in [0.1, 0.15) is 18.4 Å². The van der Waals surface area contributed by atoms with E-state index in [1.807, 2.05) is 18.2 Å². The van der Waals surface area contributed by atoms with E-state index in [0.29, 0.717) is 0 Å². The van der Waals surface area contributed by atoms with Crippen molar-refractivity contribution >= 4 is 31.9 Å². The van der Waals surface area contributed by atoms with Crippen LogP contribution in [0.2, 0.25) is 0 Å². The van der Waals surface area contributed by atoms with Crippen molar-refractivity contribution in [2.75, 3.05) is 13.1 Å². The minimum atomic E-state index is -0.669. The molecule has 1 aromatic carbocycles. The van der Waals surface area contributed by atoms with E-state index in [0.717, 1.165) is 40.4 Å². The van der Waals surface area contributed by atoms with Crippen molar-refractivity contribution in [3.63, 3.8) is 0 Å². The van der Waals surface area contributed by atoms with E-state index in [1.165, 1.54) is 0 Å². The zero-order valence-corrected chi connectivity index (χ0v) is 11.4. The molecule has 0 radical (unpaired) electrons. The van der Waals surface area contributed by atoms with Crippen molar-refractivity contribution in [1.82, 2.24) is 5.32 Å². The smallest absolute Gasteiger partial charge is 0.0921 e. The third-order valence-corrected chi connectivity index (χ3v) is 3.75. The van der Waals surface area contributed by atoms with Crippen LogP contribution >= 0.6 is 31.9 Å². The van der Waals surface area contributed by atoms with Crippen molar-refractivity contribution in [3.8, 4) is 0 Å². The summed E-state index contributed by atoms with van der Waals surface area (Å²) < 4.78 is 2.00. The Morgan fingerprint density at radius 3 is 2.13 bits per heavy atom. The predicted octanol–water partition coefficient (Wildman–Crippen LogP) is 2.78. The average molecular weight is 335 g/mol. The van der Waals surface area contributed by atoms with Crippen LogP contribution in [0.3, 0.4) is 0 Å². The molecular weight excluding hydrogens is 322 g/mol. The first kappa shape index (κ1) is 11.6. The van der Waals surface area contributed by atoms with Crippen LogP contribution in [0.25, 0.3) is 0 Å². The fraction of sp³-hybridized carbons (Fsp3) is 0.455. The molecule has 82 valence electrons. The number of halogens is 2. The molecule has 2 N–H and O–H groups in total. The highest BCUT2D eigenvalue weighted by atomic mass is 79.9. The lowest BCUT2D eigenvalue weighted by Gasteiger charge is -2.33. The molecule has 0 bridgehead atoms. The molecule has 0 aromatic heterocycles. The second-order valence-electron chi connectivity index (χ2n) is 3.94. The Balaban J connectivity index is 2.34. The zero-order chi connectivity index (χ0) is 10.9. The van der Waals surface area contributed by atoms with Crippen LogP contribution in [0, 0.1) is 0 Å². The first-order valence-corrected chi connectivity index (χ1v) is 6.58. The summed E-state index contributed by atoms with van der Waals surface area (Å²) in [5, 5.41) is 13.8.